The second-order valence-corrected chi connectivity index (χ2v) is 10.3. The third-order valence-corrected chi connectivity index (χ3v) is 7.54. The van der Waals surface area contributed by atoms with E-state index < -0.39 is 0 Å². The van der Waals surface area contributed by atoms with Gasteiger partial charge in [-0.25, -0.2) is 4.98 Å². The Balaban J connectivity index is 1.71. The van der Waals surface area contributed by atoms with E-state index in [-0.39, 0.29) is 22.8 Å². The Kier molecular flexibility index (Phi) is 10.2. The van der Waals surface area contributed by atoms with Crippen molar-refractivity contribution in [1.82, 2.24) is 14.9 Å². The fourth-order valence-electron chi connectivity index (χ4n) is 4.04. The van der Waals surface area contributed by atoms with Crippen molar-refractivity contribution in [2.75, 3.05) is 0 Å². The summed E-state index contributed by atoms with van der Waals surface area (Å²) in [5.41, 5.74) is 3.74. The number of carbonyl (C=O) groups excluding carboxylic acids is 1. The van der Waals surface area contributed by atoms with E-state index in [0.717, 1.165) is 43.4 Å². The van der Waals surface area contributed by atoms with E-state index in [0.29, 0.717) is 17.1 Å². The van der Waals surface area contributed by atoms with Crippen molar-refractivity contribution in [1.29, 1.82) is 0 Å². The smallest absolute Gasteiger partial charge is 0.257 e. The number of amides is 1. The number of benzene rings is 2. The summed E-state index contributed by atoms with van der Waals surface area (Å²) in [5, 5.41) is 3.51. The summed E-state index contributed by atoms with van der Waals surface area (Å²) in [6.07, 6.45) is 5.06. The van der Waals surface area contributed by atoms with Gasteiger partial charge in [0.15, 0.2) is 5.16 Å². The zero-order chi connectivity index (χ0) is 25.2. The minimum absolute atomic E-state index is 0.0178. The number of hydrogen-bond donors (Lipinski definition) is 1. The van der Waals surface area contributed by atoms with Crippen molar-refractivity contribution in [3.05, 3.63) is 93.4 Å². The summed E-state index contributed by atoms with van der Waals surface area (Å²) in [4.78, 5) is 31.2. The van der Waals surface area contributed by atoms with Crippen molar-refractivity contribution in [2.45, 2.75) is 75.7 Å². The molecule has 3 aromatic rings. The SMILES string of the molecule is CCCCC(Sc1nc(C)c(Cc2ccccc2)c(=O)n1C)C(=O)NC(C)CCc1ccccc1. The highest BCUT2D eigenvalue weighted by molar-refractivity contribution is 8.00. The molecule has 3 rings (SSSR count). The molecule has 0 spiro atoms. The fourth-order valence-corrected chi connectivity index (χ4v) is 5.18. The third kappa shape index (κ3) is 7.82. The van der Waals surface area contributed by atoms with Crippen LogP contribution in [0.15, 0.2) is 70.6 Å². The number of aryl methyl sites for hydroxylation is 2. The lowest BCUT2D eigenvalue weighted by Crippen LogP contribution is -2.39. The standard InChI is InChI=1S/C29H37N3O2S/c1-5-6-17-26(27(33)30-21(2)18-19-23-13-9-7-10-14-23)35-29-31-22(3)25(28(34)32(29)4)20-24-15-11-8-12-16-24/h7-16,21,26H,5-6,17-20H2,1-4H3,(H,30,33). The van der Waals surface area contributed by atoms with E-state index in [4.69, 9.17) is 4.98 Å². The molecular formula is C29H37N3O2S. The van der Waals surface area contributed by atoms with E-state index in [1.54, 1.807) is 11.6 Å². The lowest BCUT2D eigenvalue weighted by molar-refractivity contribution is -0.121. The molecule has 1 amide bonds. The molecule has 1 N–H and O–H groups in total. The highest BCUT2D eigenvalue weighted by Gasteiger charge is 2.24. The molecule has 0 bridgehead atoms. The molecule has 0 saturated heterocycles. The maximum atomic E-state index is 13.2. The number of thioether (sulfide) groups is 1. The van der Waals surface area contributed by atoms with Crippen molar-refractivity contribution in [2.24, 2.45) is 7.05 Å². The molecule has 6 heteroatoms. The summed E-state index contributed by atoms with van der Waals surface area (Å²) >= 11 is 1.40. The van der Waals surface area contributed by atoms with Crippen LogP contribution in [0.2, 0.25) is 0 Å². The van der Waals surface area contributed by atoms with Crippen LogP contribution in [0.25, 0.3) is 0 Å². The molecular weight excluding hydrogens is 454 g/mol. The van der Waals surface area contributed by atoms with Gasteiger partial charge in [-0.15, -0.1) is 0 Å². The van der Waals surface area contributed by atoms with Crippen LogP contribution in [-0.4, -0.2) is 26.8 Å². The predicted molar refractivity (Wildman–Crippen MR) is 145 cm³/mol. The minimum atomic E-state index is -0.286. The second kappa shape index (κ2) is 13.3. The van der Waals surface area contributed by atoms with Gasteiger partial charge in [0.1, 0.15) is 0 Å². The maximum Gasteiger partial charge on any atom is 0.257 e. The topological polar surface area (TPSA) is 64.0 Å². The molecule has 2 atom stereocenters. The molecule has 1 aromatic heterocycles. The molecule has 0 aliphatic rings. The van der Waals surface area contributed by atoms with Crippen molar-refractivity contribution >= 4 is 17.7 Å². The van der Waals surface area contributed by atoms with Crippen LogP contribution in [0, 0.1) is 6.92 Å². The number of aromatic nitrogens is 2. The largest absolute Gasteiger partial charge is 0.353 e. The van der Waals surface area contributed by atoms with Crippen LogP contribution in [0.3, 0.4) is 0 Å². The first-order valence-electron chi connectivity index (χ1n) is 12.5. The van der Waals surface area contributed by atoms with E-state index in [2.05, 4.69) is 31.3 Å². The van der Waals surface area contributed by atoms with Gasteiger partial charge in [-0.3, -0.25) is 14.2 Å². The van der Waals surface area contributed by atoms with Crippen LogP contribution in [-0.2, 0) is 24.7 Å². The molecule has 1 heterocycles. The highest BCUT2D eigenvalue weighted by Crippen LogP contribution is 2.26. The maximum absolute atomic E-state index is 13.2. The van der Waals surface area contributed by atoms with Gasteiger partial charge >= 0.3 is 0 Å². The number of nitrogens with one attached hydrogen (secondary N) is 1. The normalized spacial score (nSPS) is 12.8. The summed E-state index contributed by atoms with van der Waals surface area (Å²) in [6, 6.07) is 20.4. The monoisotopic (exact) mass is 491 g/mol. The molecule has 35 heavy (non-hydrogen) atoms. The highest BCUT2D eigenvalue weighted by atomic mass is 32.2. The molecule has 0 saturated carbocycles. The van der Waals surface area contributed by atoms with E-state index in [1.807, 2.05) is 55.5 Å². The van der Waals surface area contributed by atoms with E-state index in [9.17, 15) is 9.59 Å². The number of unbranched alkanes of at least 4 members (excludes halogenated alkanes) is 1. The molecule has 186 valence electrons. The van der Waals surface area contributed by atoms with Crippen LogP contribution in [0.5, 0.6) is 0 Å². The first-order chi connectivity index (χ1) is 16.9. The Morgan fingerprint density at radius 2 is 1.66 bits per heavy atom. The molecule has 2 aromatic carbocycles. The summed E-state index contributed by atoms with van der Waals surface area (Å²) in [7, 11) is 1.75. The Hall–Kier alpha value is -2.86. The Bertz CT molecular complexity index is 1150. The minimum Gasteiger partial charge on any atom is -0.353 e. The van der Waals surface area contributed by atoms with Crippen molar-refractivity contribution < 1.29 is 4.79 Å². The van der Waals surface area contributed by atoms with Crippen LogP contribution in [0.4, 0.5) is 0 Å². The lowest BCUT2D eigenvalue weighted by Gasteiger charge is -2.21. The fraction of sp³-hybridized carbons (Fsp3) is 0.414. The first-order valence-corrected chi connectivity index (χ1v) is 13.4. The third-order valence-electron chi connectivity index (χ3n) is 6.23. The van der Waals surface area contributed by atoms with Crippen molar-refractivity contribution in [3.63, 3.8) is 0 Å². The molecule has 0 radical (unpaired) electrons. The average molecular weight is 492 g/mol. The molecule has 0 aliphatic heterocycles. The predicted octanol–water partition coefficient (Wildman–Crippen LogP) is 5.47. The first kappa shape index (κ1) is 26.7. The second-order valence-electron chi connectivity index (χ2n) is 9.17. The molecule has 0 aliphatic carbocycles. The number of hydrogen-bond acceptors (Lipinski definition) is 4. The van der Waals surface area contributed by atoms with Gasteiger partial charge < -0.3 is 5.32 Å². The van der Waals surface area contributed by atoms with E-state index in [1.165, 1.54) is 17.3 Å². The van der Waals surface area contributed by atoms with Gasteiger partial charge in [-0.2, -0.15) is 0 Å². The van der Waals surface area contributed by atoms with Gasteiger partial charge in [0.2, 0.25) is 5.91 Å². The van der Waals surface area contributed by atoms with Gasteiger partial charge in [-0.1, -0.05) is 92.2 Å². The summed E-state index contributed by atoms with van der Waals surface area (Å²) < 4.78 is 1.60. The van der Waals surface area contributed by atoms with Crippen molar-refractivity contribution in [3.8, 4) is 0 Å². The Morgan fingerprint density at radius 1 is 1.03 bits per heavy atom. The zero-order valence-electron chi connectivity index (χ0n) is 21.3. The average Bonchev–Trinajstić information content (AvgIpc) is 2.87. The van der Waals surface area contributed by atoms with Gasteiger partial charge in [0.25, 0.3) is 5.56 Å². The molecule has 0 fully saturated rings. The van der Waals surface area contributed by atoms with E-state index >= 15 is 0 Å². The van der Waals surface area contributed by atoms with Crippen LogP contribution in [0.1, 0.15) is 61.9 Å². The number of carbonyl (C=O) groups is 1. The van der Waals surface area contributed by atoms with Gasteiger partial charge in [0.05, 0.1) is 5.25 Å². The summed E-state index contributed by atoms with van der Waals surface area (Å²) in [6.45, 7) is 6.06. The summed E-state index contributed by atoms with van der Waals surface area (Å²) in [5.74, 6) is 0.0178. The number of nitrogens with zero attached hydrogens (tertiary/aromatic N) is 2. The Labute approximate surface area is 213 Å². The Morgan fingerprint density at radius 3 is 2.29 bits per heavy atom. The zero-order valence-corrected chi connectivity index (χ0v) is 22.1. The number of rotatable bonds is 12. The molecule has 5 nitrogen and oxygen atoms in total. The van der Waals surface area contributed by atoms with Gasteiger partial charge in [0, 0.05) is 30.8 Å². The van der Waals surface area contributed by atoms with Crippen LogP contribution < -0.4 is 10.9 Å². The quantitative estimate of drug-likeness (QED) is 0.270. The molecule has 2 unspecified atom stereocenters. The van der Waals surface area contributed by atoms with Gasteiger partial charge in [-0.05, 0) is 44.2 Å². The van der Waals surface area contributed by atoms with Crippen LogP contribution >= 0.6 is 11.8 Å². The lowest BCUT2D eigenvalue weighted by atomic mass is 10.1.